The van der Waals surface area contributed by atoms with Crippen molar-refractivity contribution in [3.05, 3.63) is 35.9 Å². The van der Waals surface area contributed by atoms with E-state index in [9.17, 15) is 0 Å². The molecule has 1 aliphatic rings. The molecule has 1 heterocycles. The Morgan fingerprint density at radius 1 is 1.20 bits per heavy atom. The third-order valence-electron chi connectivity index (χ3n) is 4.34. The molecule has 2 N–H and O–H groups in total. The quantitative estimate of drug-likeness (QED) is 0.918. The molecular weight excluding hydrogens is 250 g/mol. The second-order valence-electron chi connectivity index (χ2n) is 6.92. The van der Waals surface area contributed by atoms with Crippen LogP contribution in [0.25, 0.3) is 0 Å². The lowest BCUT2D eigenvalue weighted by Crippen LogP contribution is -2.45. The van der Waals surface area contributed by atoms with E-state index in [0.29, 0.717) is 0 Å². The minimum atomic E-state index is -0.228. The first kappa shape index (κ1) is 15.5. The number of hydrogen-bond donors (Lipinski definition) is 1. The first-order chi connectivity index (χ1) is 9.27. The van der Waals surface area contributed by atoms with Crippen LogP contribution in [0.5, 0.6) is 0 Å². The van der Waals surface area contributed by atoms with Gasteiger partial charge in [-0.1, -0.05) is 30.3 Å². The van der Waals surface area contributed by atoms with Crippen molar-refractivity contribution in [2.45, 2.75) is 57.5 Å². The Hall–Kier alpha value is -0.900. The smallest absolute Gasteiger partial charge is 0.0975 e. The van der Waals surface area contributed by atoms with Gasteiger partial charge in [-0.25, -0.2) is 0 Å². The maximum absolute atomic E-state index is 6.56. The Balaban J connectivity index is 2.23. The van der Waals surface area contributed by atoms with Crippen LogP contribution in [0.3, 0.4) is 0 Å². The highest BCUT2D eigenvalue weighted by atomic mass is 16.5. The van der Waals surface area contributed by atoms with Crippen LogP contribution in [0.4, 0.5) is 0 Å². The molecule has 1 aliphatic heterocycles. The topological polar surface area (TPSA) is 44.5 Å². The van der Waals surface area contributed by atoms with Crippen molar-refractivity contribution in [2.24, 2.45) is 11.7 Å². The average Bonchev–Trinajstić information content (AvgIpc) is 2.59. The van der Waals surface area contributed by atoms with Crippen LogP contribution >= 0.6 is 0 Å². The number of nitrogens with two attached hydrogens (primary N) is 1. The number of ether oxygens (including phenoxy) is 2. The van der Waals surface area contributed by atoms with E-state index in [2.05, 4.69) is 39.8 Å². The van der Waals surface area contributed by atoms with Crippen LogP contribution in [0.2, 0.25) is 0 Å². The normalized spacial score (nSPS) is 27.2. The standard InChI is InChI=1S/C17H27NO2/c1-16(2)11-13(17(3,4)20-16)14(18)15(19-5)12-9-7-6-8-10-12/h6-10,13-15H,11,18H2,1-5H3. The van der Waals surface area contributed by atoms with Crippen molar-refractivity contribution in [3.8, 4) is 0 Å². The lowest BCUT2D eigenvalue weighted by molar-refractivity contribution is -0.0821. The molecule has 0 bridgehead atoms. The van der Waals surface area contributed by atoms with Crippen molar-refractivity contribution in [2.75, 3.05) is 7.11 Å². The lowest BCUT2D eigenvalue weighted by Gasteiger charge is -2.34. The first-order valence-electron chi connectivity index (χ1n) is 7.30. The van der Waals surface area contributed by atoms with Gasteiger partial charge in [-0.15, -0.1) is 0 Å². The van der Waals surface area contributed by atoms with Gasteiger partial charge in [0.15, 0.2) is 0 Å². The molecule has 2 rings (SSSR count). The number of benzene rings is 1. The Morgan fingerprint density at radius 3 is 2.25 bits per heavy atom. The molecule has 1 fully saturated rings. The van der Waals surface area contributed by atoms with E-state index < -0.39 is 0 Å². The predicted molar refractivity (Wildman–Crippen MR) is 81.5 cm³/mol. The maximum atomic E-state index is 6.56. The first-order valence-corrected chi connectivity index (χ1v) is 7.30. The average molecular weight is 277 g/mol. The van der Waals surface area contributed by atoms with Crippen molar-refractivity contribution in [1.82, 2.24) is 0 Å². The van der Waals surface area contributed by atoms with Crippen molar-refractivity contribution >= 4 is 0 Å². The van der Waals surface area contributed by atoms with Crippen LogP contribution in [-0.2, 0) is 9.47 Å². The Morgan fingerprint density at radius 2 is 1.80 bits per heavy atom. The summed E-state index contributed by atoms with van der Waals surface area (Å²) in [5, 5.41) is 0. The fraction of sp³-hybridized carbons (Fsp3) is 0.647. The van der Waals surface area contributed by atoms with Crippen LogP contribution < -0.4 is 5.73 Å². The second-order valence-corrected chi connectivity index (χ2v) is 6.92. The predicted octanol–water partition coefficient (Wildman–Crippen LogP) is 3.30. The summed E-state index contributed by atoms with van der Waals surface area (Å²) in [4.78, 5) is 0. The Bertz CT molecular complexity index is 442. The summed E-state index contributed by atoms with van der Waals surface area (Å²) in [5.41, 5.74) is 7.33. The van der Waals surface area contributed by atoms with Crippen molar-refractivity contribution in [3.63, 3.8) is 0 Å². The van der Waals surface area contributed by atoms with E-state index in [1.807, 2.05) is 18.2 Å². The van der Waals surface area contributed by atoms with Gasteiger partial charge >= 0.3 is 0 Å². The molecule has 3 unspecified atom stereocenters. The van der Waals surface area contributed by atoms with E-state index in [0.717, 1.165) is 12.0 Å². The molecule has 20 heavy (non-hydrogen) atoms. The van der Waals surface area contributed by atoms with E-state index in [4.69, 9.17) is 15.2 Å². The van der Waals surface area contributed by atoms with Crippen molar-refractivity contribution in [1.29, 1.82) is 0 Å². The fourth-order valence-corrected chi connectivity index (χ4v) is 3.57. The highest BCUT2D eigenvalue weighted by molar-refractivity contribution is 5.20. The SMILES string of the molecule is COC(c1ccccc1)C(N)C1CC(C)(C)OC1(C)C. The van der Waals surface area contributed by atoms with Gasteiger partial charge in [-0.05, 0) is 39.7 Å². The zero-order valence-corrected chi connectivity index (χ0v) is 13.2. The molecule has 0 amide bonds. The summed E-state index contributed by atoms with van der Waals surface area (Å²) in [5.74, 6) is 0.266. The minimum absolute atomic E-state index is 0.0841. The van der Waals surface area contributed by atoms with Gasteiger partial charge in [0, 0.05) is 19.1 Å². The summed E-state index contributed by atoms with van der Waals surface area (Å²) in [6.45, 7) is 8.52. The second kappa shape index (κ2) is 5.47. The Kier molecular flexibility index (Phi) is 4.24. The zero-order valence-electron chi connectivity index (χ0n) is 13.2. The molecule has 3 atom stereocenters. The van der Waals surface area contributed by atoms with Gasteiger partial charge < -0.3 is 15.2 Å². The molecule has 0 aliphatic carbocycles. The summed E-state index contributed by atoms with van der Waals surface area (Å²) in [7, 11) is 1.73. The molecule has 0 saturated carbocycles. The largest absolute Gasteiger partial charge is 0.375 e. The molecule has 1 saturated heterocycles. The fourth-order valence-electron chi connectivity index (χ4n) is 3.57. The van der Waals surface area contributed by atoms with Crippen LogP contribution in [-0.4, -0.2) is 24.4 Å². The van der Waals surface area contributed by atoms with Gasteiger partial charge in [-0.3, -0.25) is 0 Å². The lowest BCUT2D eigenvalue weighted by atomic mass is 9.78. The zero-order chi connectivity index (χ0) is 15.0. The number of hydrogen-bond acceptors (Lipinski definition) is 3. The van der Waals surface area contributed by atoms with Gasteiger partial charge in [-0.2, -0.15) is 0 Å². The summed E-state index contributed by atoms with van der Waals surface area (Å²) < 4.78 is 11.9. The van der Waals surface area contributed by atoms with Gasteiger partial charge in [0.2, 0.25) is 0 Å². The third kappa shape index (κ3) is 3.05. The monoisotopic (exact) mass is 277 g/mol. The highest BCUT2D eigenvalue weighted by Gasteiger charge is 2.49. The third-order valence-corrected chi connectivity index (χ3v) is 4.34. The van der Waals surface area contributed by atoms with Crippen LogP contribution in [0, 0.1) is 5.92 Å². The number of rotatable bonds is 4. The maximum Gasteiger partial charge on any atom is 0.0975 e. The van der Waals surface area contributed by atoms with E-state index >= 15 is 0 Å². The highest BCUT2D eigenvalue weighted by Crippen LogP contribution is 2.45. The van der Waals surface area contributed by atoms with Crippen LogP contribution in [0.1, 0.15) is 45.8 Å². The van der Waals surface area contributed by atoms with Crippen LogP contribution in [0.15, 0.2) is 30.3 Å². The molecule has 3 heteroatoms. The van der Waals surface area contributed by atoms with E-state index in [-0.39, 0.29) is 29.3 Å². The summed E-state index contributed by atoms with van der Waals surface area (Å²) in [6.07, 6.45) is 0.853. The van der Waals surface area contributed by atoms with Gasteiger partial charge in [0.25, 0.3) is 0 Å². The molecular formula is C17H27NO2. The summed E-state index contributed by atoms with van der Waals surface area (Å²) in [6, 6.07) is 10.1. The van der Waals surface area contributed by atoms with Crippen molar-refractivity contribution < 1.29 is 9.47 Å². The van der Waals surface area contributed by atoms with Gasteiger partial charge in [0.1, 0.15) is 0 Å². The molecule has 0 radical (unpaired) electrons. The molecule has 3 nitrogen and oxygen atoms in total. The number of methoxy groups -OCH3 is 1. The molecule has 112 valence electrons. The minimum Gasteiger partial charge on any atom is -0.375 e. The van der Waals surface area contributed by atoms with E-state index in [1.54, 1.807) is 7.11 Å². The summed E-state index contributed by atoms with van der Waals surface area (Å²) >= 11 is 0. The van der Waals surface area contributed by atoms with Gasteiger partial charge in [0.05, 0.1) is 17.3 Å². The van der Waals surface area contributed by atoms with E-state index in [1.165, 1.54) is 0 Å². The molecule has 1 aromatic carbocycles. The molecule has 1 aromatic rings. The Labute approximate surface area is 122 Å². The molecule has 0 aromatic heterocycles. The molecule has 0 spiro atoms.